The maximum atomic E-state index is 16.4. The van der Waals surface area contributed by atoms with Crippen LogP contribution < -0.4 is 11.1 Å². The molecule has 42 heavy (non-hydrogen) atoms. The lowest BCUT2D eigenvalue weighted by Gasteiger charge is -2.13. The number of halogens is 2. The number of pyridine rings is 3. The molecule has 1 fully saturated rings. The van der Waals surface area contributed by atoms with E-state index >= 15 is 4.39 Å². The second kappa shape index (κ2) is 11.4. The molecule has 0 unspecified atom stereocenters. The average Bonchev–Trinajstić information content (AvgIpc) is 3.68. The van der Waals surface area contributed by atoms with E-state index in [2.05, 4.69) is 30.2 Å². The highest BCUT2D eigenvalue weighted by Crippen LogP contribution is 2.32. The molecule has 0 bridgehead atoms. The van der Waals surface area contributed by atoms with Crippen molar-refractivity contribution in [3.63, 3.8) is 0 Å². The van der Waals surface area contributed by atoms with Gasteiger partial charge in [-0.3, -0.25) is 19.8 Å². The van der Waals surface area contributed by atoms with Gasteiger partial charge in [0.2, 0.25) is 5.91 Å². The first kappa shape index (κ1) is 27.1. The number of carbonyl (C=O) groups is 1. The van der Waals surface area contributed by atoms with Crippen LogP contribution >= 0.6 is 0 Å². The standard InChI is InChI=1S/C31H28F2N8O/c1-2-36-28(30-40-23-10-11-37-26(27(23)41-30)18-8-5-9-20(32)12-18)24-25(33)22(16-38-29(24)34)19-13-21(15-35-14-19)39-31(42)17-6-3-4-7-17/h5,8-17H,2-4,6-7H2,1H3,(H2,34,38)(H,39,42)(H,40,41). The molecule has 9 nitrogen and oxygen atoms in total. The maximum absolute atomic E-state index is 16.4. The molecule has 212 valence electrons. The minimum atomic E-state index is -0.653. The van der Waals surface area contributed by atoms with Gasteiger partial charge in [-0.2, -0.15) is 0 Å². The van der Waals surface area contributed by atoms with Crippen molar-refractivity contribution < 1.29 is 13.6 Å². The van der Waals surface area contributed by atoms with E-state index in [9.17, 15) is 9.18 Å². The Balaban J connectivity index is 1.40. The second-order valence-corrected chi connectivity index (χ2v) is 10.2. The maximum Gasteiger partial charge on any atom is 0.227 e. The Hall–Kier alpha value is -5.06. The summed E-state index contributed by atoms with van der Waals surface area (Å²) >= 11 is 0. The van der Waals surface area contributed by atoms with Gasteiger partial charge in [0.05, 0.1) is 28.7 Å². The number of rotatable bonds is 7. The molecule has 1 aliphatic rings. The first-order chi connectivity index (χ1) is 20.4. The van der Waals surface area contributed by atoms with Crippen molar-refractivity contribution in [2.45, 2.75) is 32.6 Å². The smallest absolute Gasteiger partial charge is 0.227 e. The normalized spacial score (nSPS) is 14.0. The van der Waals surface area contributed by atoms with Crippen LogP contribution in [0.2, 0.25) is 0 Å². The van der Waals surface area contributed by atoms with Crippen molar-refractivity contribution >= 4 is 34.2 Å². The predicted molar refractivity (Wildman–Crippen MR) is 158 cm³/mol. The van der Waals surface area contributed by atoms with E-state index in [4.69, 9.17) is 10.7 Å². The number of aromatic nitrogens is 5. The molecule has 4 N–H and O–H groups in total. The molecule has 4 aromatic heterocycles. The lowest BCUT2D eigenvalue weighted by atomic mass is 10.0. The number of nitrogens with zero attached hydrogens (tertiary/aromatic N) is 5. The van der Waals surface area contributed by atoms with Gasteiger partial charge < -0.3 is 16.0 Å². The third-order valence-electron chi connectivity index (χ3n) is 7.36. The number of fused-ring (bicyclic) bond motifs is 1. The summed E-state index contributed by atoms with van der Waals surface area (Å²) in [7, 11) is 0. The van der Waals surface area contributed by atoms with E-state index in [-0.39, 0.29) is 40.3 Å². The van der Waals surface area contributed by atoms with Gasteiger partial charge >= 0.3 is 0 Å². The van der Waals surface area contributed by atoms with E-state index in [1.807, 2.05) is 6.92 Å². The van der Waals surface area contributed by atoms with E-state index < -0.39 is 11.6 Å². The number of nitrogens with two attached hydrogens (primary N) is 1. The van der Waals surface area contributed by atoms with Crippen LogP contribution in [0.1, 0.15) is 44.0 Å². The first-order valence-corrected chi connectivity index (χ1v) is 13.8. The largest absolute Gasteiger partial charge is 0.383 e. The summed E-state index contributed by atoms with van der Waals surface area (Å²) in [4.78, 5) is 38.0. The van der Waals surface area contributed by atoms with Gasteiger partial charge in [-0.05, 0) is 44.0 Å². The molecule has 1 amide bonds. The monoisotopic (exact) mass is 566 g/mol. The zero-order valence-corrected chi connectivity index (χ0v) is 22.9. The Bertz CT molecular complexity index is 1830. The van der Waals surface area contributed by atoms with Gasteiger partial charge in [0, 0.05) is 47.7 Å². The number of nitrogens with one attached hydrogen (secondary N) is 2. The SMILES string of the molecule is CCN=C(c1nc2c(-c3cccc(F)c3)nccc2[nH]1)c1c(N)ncc(-c2cncc(NC(=O)C3CCCC3)c2)c1F. The highest BCUT2D eigenvalue weighted by atomic mass is 19.1. The number of nitrogen functional groups attached to an aromatic ring is 1. The van der Waals surface area contributed by atoms with Gasteiger partial charge in [-0.15, -0.1) is 0 Å². The molecular formula is C31H28F2N8O. The molecule has 0 saturated heterocycles. The second-order valence-electron chi connectivity index (χ2n) is 10.2. The molecule has 11 heteroatoms. The Kier molecular flexibility index (Phi) is 7.39. The van der Waals surface area contributed by atoms with Crippen LogP contribution in [0.5, 0.6) is 0 Å². The Morgan fingerprint density at radius 2 is 1.93 bits per heavy atom. The lowest BCUT2D eigenvalue weighted by molar-refractivity contribution is -0.119. The van der Waals surface area contributed by atoms with Crippen LogP contribution in [0.25, 0.3) is 33.4 Å². The number of hydrogen-bond acceptors (Lipinski definition) is 7. The van der Waals surface area contributed by atoms with Crippen LogP contribution in [0.4, 0.5) is 20.3 Å². The van der Waals surface area contributed by atoms with Crippen molar-refractivity contribution in [3.05, 3.63) is 84.2 Å². The van der Waals surface area contributed by atoms with E-state index in [1.165, 1.54) is 30.7 Å². The molecule has 6 rings (SSSR count). The lowest BCUT2D eigenvalue weighted by Crippen LogP contribution is -2.20. The predicted octanol–water partition coefficient (Wildman–Crippen LogP) is 5.93. The van der Waals surface area contributed by atoms with Crippen LogP contribution in [0, 0.1) is 17.6 Å². The summed E-state index contributed by atoms with van der Waals surface area (Å²) in [6.45, 7) is 2.13. The molecule has 4 heterocycles. The first-order valence-electron chi connectivity index (χ1n) is 13.8. The van der Waals surface area contributed by atoms with Crippen LogP contribution in [-0.4, -0.2) is 43.1 Å². The van der Waals surface area contributed by atoms with Crippen molar-refractivity contribution in [1.29, 1.82) is 0 Å². The minimum Gasteiger partial charge on any atom is -0.383 e. The zero-order chi connectivity index (χ0) is 29.2. The molecule has 0 aliphatic heterocycles. The zero-order valence-electron chi connectivity index (χ0n) is 22.9. The van der Waals surface area contributed by atoms with Crippen molar-refractivity contribution in [2.75, 3.05) is 17.6 Å². The molecule has 1 saturated carbocycles. The van der Waals surface area contributed by atoms with Crippen molar-refractivity contribution in [1.82, 2.24) is 24.9 Å². The van der Waals surface area contributed by atoms with Gasteiger partial charge in [-0.25, -0.2) is 18.7 Å². The number of carbonyl (C=O) groups excluding carboxylic acids is 1. The summed E-state index contributed by atoms with van der Waals surface area (Å²) in [5.41, 5.74) is 9.53. The number of amides is 1. The third kappa shape index (κ3) is 5.20. The number of benzene rings is 1. The fourth-order valence-electron chi connectivity index (χ4n) is 5.34. The number of aromatic amines is 1. The summed E-state index contributed by atoms with van der Waals surface area (Å²) in [6, 6.07) is 9.45. The number of anilines is 2. The highest BCUT2D eigenvalue weighted by Gasteiger charge is 2.25. The molecule has 1 aliphatic carbocycles. The summed E-state index contributed by atoms with van der Waals surface area (Å²) in [6.07, 6.45) is 9.75. The fourth-order valence-corrected chi connectivity index (χ4v) is 5.34. The number of hydrogen-bond donors (Lipinski definition) is 3. The van der Waals surface area contributed by atoms with E-state index in [1.54, 1.807) is 30.5 Å². The number of H-pyrrole nitrogens is 1. The van der Waals surface area contributed by atoms with E-state index in [0.29, 0.717) is 40.1 Å². The van der Waals surface area contributed by atoms with Crippen LogP contribution in [-0.2, 0) is 4.79 Å². The summed E-state index contributed by atoms with van der Waals surface area (Å²) in [5, 5.41) is 2.91. The van der Waals surface area contributed by atoms with Gasteiger partial charge in [0.1, 0.15) is 28.7 Å². The van der Waals surface area contributed by atoms with Crippen molar-refractivity contribution in [3.8, 4) is 22.4 Å². The molecule has 0 atom stereocenters. The fraction of sp³-hybridized carbons (Fsp3) is 0.226. The molecular weight excluding hydrogens is 538 g/mol. The van der Waals surface area contributed by atoms with Gasteiger partial charge in [0.25, 0.3) is 0 Å². The highest BCUT2D eigenvalue weighted by molar-refractivity contribution is 6.15. The molecule has 0 radical (unpaired) electrons. The molecule has 1 aromatic carbocycles. The Morgan fingerprint density at radius 3 is 2.71 bits per heavy atom. The summed E-state index contributed by atoms with van der Waals surface area (Å²) in [5.74, 6) is -0.936. The average molecular weight is 567 g/mol. The quantitative estimate of drug-likeness (QED) is 0.209. The molecule has 0 spiro atoms. The minimum absolute atomic E-state index is 0.0194. The summed E-state index contributed by atoms with van der Waals surface area (Å²) < 4.78 is 30.3. The Morgan fingerprint density at radius 1 is 1.10 bits per heavy atom. The number of aliphatic imine (C=N–C) groups is 1. The van der Waals surface area contributed by atoms with Gasteiger partial charge in [-0.1, -0.05) is 25.0 Å². The van der Waals surface area contributed by atoms with Gasteiger partial charge in [0.15, 0.2) is 5.82 Å². The number of imidazole rings is 1. The van der Waals surface area contributed by atoms with Crippen molar-refractivity contribution in [2.24, 2.45) is 10.9 Å². The molecule has 5 aromatic rings. The van der Waals surface area contributed by atoms with E-state index in [0.717, 1.165) is 25.7 Å². The van der Waals surface area contributed by atoms with Crippen LogP contribution in [0.3, 0.4) is 0 Å². The third-order valence-corrected chi connectivity index (χ3v) is 7.36. The van der Waals surface area contributed by atoms with Crippen LogP contribution in [0.15, 0.2) is 66.2 Å². The Labute approximate surface area is 240 Å². The topological polar surface area (TPSA) is 135 Å².